The molecule has 1 saturated heterocycles. The number of benzene rings is 1. The zero-order chi connectivity index (χ0) is 18.2. The highest BCUT2D eigenvalue weighted by Gasteiger charge is 2.36. The molecule has 0 saturated carbocycles. The van der Waals surface area contributed by atoms with Crippen LogP contribution >= 0.6 is 0 Å². The van der Waals surface area contributed by atoms with Crippen LogP contribution in [0.5, 0.6) is 0 Å². The first-order chi connectivity index (χ1) is 13.3. The summed E-state index contributed by atoms with van der Waals surface area (Å²) in [6.45, 7) is 3.72. The molecule has 5 rings (SSSR count). The van der Waals surface area contributed by atoms with Gasteiger partial charge < -0.3 is 4.57 Å². The fourth-order valence-electron chi connectivity index (χ4n) is 4.83. The van der Waals surface area contributed by atoms with E-state index in [0.29, 0.717) is 11.8 Å². The molecule has 0 radical (unpaired) electrons. The summed E-state index contributed by atoms with van der Waals surface area (Å²) < 4.78 is 2.04. The van der Waals surface area contributed by atoms with Crippen LogP contribution in [-0.2, 0) is 13.1 Å². The smallest absolute Gasteiger partial charge is 0.250 e. The molecule has 3 aromatic rings. The van der Waals surface area contributed by atoms with E-state index < -0.39 is 0 Å². The van der Waals surface area contributed by atoms with Crippen molar-refractivity contribution in [2.24, 2.45) is 5.92 Å². The lowest BCUT2D eigenvalue weighted by atomic mass is 9.80. The van der Waals surface area contributed by atoms with E-state index in [1.54, 1.807) is 6.07 Å². The van der Waals surface area contributed by atoms with E-state index in [0.717, 1.165) is 31.9 Å². The van der Waals surface area contributed by atoms with Crippen LogP contribution in [0.3, 0.4) is 0 Å². The molecular weight excluding hydrogens is 334 g/mol. The Balaban J connectivity index is 1.52. The van der Waals surface area contributed by atoms with Crippen LogP contribution in [0.1, 0.15) is 23.7 Å². The van der Waals surface area contributed by atoms with Crippen molar-refractivity contribution in [3.63, 3.8) is 0 Å². The van der Waals surface area contributed by atoms with Crippen LogP contribution in [0.4, 0.5) is 0 Å². The van der Waals surface area contributed by atoms with Gasteiger partial charge in [0.1, 0.15) is 0 Å². The Morgan fingerprint density at radius 1 is 0.926 bits per heavy atom. The number of likely N-dealkylation sites (tertiary alicyclic amines) is 1. The summed E-state index contributed by atoms with van der Waals surface area (Å²) in [4.78, 5) is 19.6. The third kappa shape index (κ3) is 3.10. The molecular formula is C23H23N3O. The maximum atomic E-state index is 12.6. The molecule has 0 spiro atoms. The average Bonchev–Trinajstić information content (AvgIpc) is 2.70. The number of hydrogen-bond donors (Lipinski definition) is 0. The summed E-state index contributed by atoms with van der Waals surface area (Å²) >= 11 is 0. The maximum absolute atomic E-state index is 12.6. The van der Waals surface area contributed by atoms with Gasteiger partial charge in [-0.15, -0.1) is 0 Å². The predicted octanol–water partition coefficient (Wildman–Crippen LogP) is 3.53. The van der Waals surface area contributed by atoms with Gasteiger partial charge >= 0.3 is 0 Å². The third-order valence-electron chi connectivity index (χ3n) is 5.86. The van der Waals surface area contributed by atoms with Gasteiger partial charge in [-0.3, -0.25) is 14.7 Å². The molecule has 2 bridgehead atoms. The van der Waals surface area contributed by atoms with Gasteiger partial charge in [0, 0.05) is 55.6 Å². The molecule has 0 N–H and O–H groups in total. The summed E-state index contributed by atoms with van der Waals surface area (Å²) in [5.74, 6) is 0.925. The molecule has 2 aliphatic heterocycles. The Morgan fingerprint density at radius 3 is 2.59 bits per heavy atom. The Morgan fingerprint density at radius 2 is 1.78 bits per heavy atom. The van der Waals surface area contributed by atoms with Gasteiger partial charge in [0.2, 0.25) is 0 Å². The normalized spacial score (nSPS) is 21.6. The summed E-state index contributed by atoms with van der Waals surface area (Å²) in [6, 6.07) is 20.3. The van der Waals surface area contributed by atoms with Gasteiger partial charge in [0.15, 0.2) is 0 Å². The van der Waals surface area contributed by atoms with E-state index in [-0.39, 0.29) is 5.56 Å². The molecule has 1 aromatic carbocycles. The van der Waals surface area contributed by atoms with Crippen molar-refractivity contribution >= 4 is 0 Å². The lowest BCUT2D eigenvalue weighted by Crippen LogP contribution is -2.47. The number of nitrogens with zero attached hydrogens (tertiary/aromatic N) is 3. The summed E-state index contributed by atoms with van der Waals surface area (Å²) in [6.07, 6.45) is 3.03. The second-order valence-corrected chi connectivity index (χ2v) is 7.76. The lowest BCUT2D eigenvalue weighted by molar-refractivity contribution is 0.113. The van der Waals surface area contributed by atoms with Crippen molar-refractivity contribution in [3.05, 3.63) is 88.6 Å². The first kappa shape index (κ1) is 16.5. The minimum Gasteiger partial charge on any atom is -0.311 e. The van der Waals surface area contributed by atoms with Crippen LogP contribution in [0.2, 0.25) is 0 Å². The molecule has 2 aromatic heterocycles. The van der Waals surface area contributed by atoms with Crippen molar-refractivity contribution in [1.82, 2.24) is 14.5 Å². The molecule has 1 fully saturated rings. The Bertz CT molecular complexity index is 997. The number of rotatable bonds is 3. The predicted molar refractivity (Wildman–Crippen MR) is 107 cm³/mol. The lowest BCUT2D eigenvalue weighted by Gasteiger charge is -2.43. The topological polar surface area (TPSA) is 38.1 Å². The maximum Gasteiger partial charge on any atom is 0.250 e. The van der Waals surface area contributed by atoms with E-state index in [4.69, 9.17) is 0 Å². The number of pyridine rings is 2. The highest BCUT2D eigenvalue weighted by atomic mass is 16.1. The fourth-order valence-corrected chi connectivity index (χ4v) is 4.83. The minimum atomic E-state index is 0.137. The molecule has 4 heterocycles. The van der Waals surface area contributed by atoms with Crippen molar-refractivity contribution < 1.29 is 0 Å². The van der Waals surface area contributed by atoms with Gasteiger partial charge in [0.25, 0.3) is 5.56 Å². The highest BCUT2D eigenvalue weighted by molar-refractivity contribution is 5.66. The Labute approximate surface area is 159 Å². The average molecular weight is 357 g/mol. The Kier molecular flexibility index (Phi) is 4.13. The number of hydrogen-bond acceptors (Lipinski definition) is 3. The first-order valence-electron chi connectivity index (χ1n) is 9.69. The molecule has 2 atom stereocenters. The van der Waals surface area contributed by atoms with Crippen LogP contribution in [0, 0.1) is 5.92 Å². The minimum absolute atomic E-state index is 0.137. The van der Waals surface area contributed by atoms with Gasteiger partial charge in [-0.25, -0.2) is 0 Å². The largest absolute Gasteiger partial charge is 0.311 e. The van der Waals surface area contributed by atoms with Crippen molar-refractivity contribution in [1.29, 1.82) is 0 Å². The van der Waals surface area contributed by atoms with Crippen molar-refractivity contribution in [2.75, 3.05) is 13.1 Å². The second-order valence-electron chi connectivity index (χ2n) is 7.76. The highest BCUT2D eigenvalue weighted by Crippen LogP contribution is 2.40. The standard InChI is InChI=1S/C23H23N3O/c27-22-10-9-21(18-6-2-1-3-7-18)23-19-12-17(14-26(22)23)13-25(15-19)16-20-8-4-5-11-24-20/h1-11,17,19H,12-16H2/t17-,19-/m0/s1. The molecule has 27 heavy (non-hydrogen) atoms. The van der Waals surface area contributed by atoms with Crippen LogP contribution < -0.4 is 5.56 Å². The van der Waals surface area contributed by atoms with E-state index in [2.05, 4.69) is 46.3 Å². The molecule has 4 heteroatoms. The van der Waals surface area contributed by atoms with Crippen LogP contribution in [0.15, 0.2) is 71.7 Å². The quantitative estimate of drug-likeness (QED) is 0.720. The molecule has 136 valence electrons. The van der Waals surface area contributed by atoms with E-state index >= 15 is 0 Å². The Hall–Kier alpha value is -2.72. The summed E-state index contributed by atoms with van der Waals surface area (Å²) in [7, 11) is 0. The SMILES string of the molecule is O=c1ccc(-c2ccccc2)c2n1C[C@H]1C[C@H]2CN(Cc2ccccn2)C1. The molecule has 0 aliphatic carbocycles. The van der Waals surface area contributed by atoms with E-state index in [1.807, 2.05) is 29.0 Å². The van der Waals surface area contributed by atoms with E-state index in [9.17, 15) is 4.79 Å². The van der Waals surface area contributed by atoms with Crippen molar-refractivity contribution in [2.45, 2.75) is 25.4 Å². The van der Waals surface area contributed by atoms with Gasteiger partial charge in [-0.05, 0) is 36.1 Å². The zero-order valence-electron chi connectivity index (χ0n) is 15.3. The van der Waals surface area contributed by atoms with Gasteiger partial charge in [-0.1, -0.05) is 36.4 Å². The summed E-state index contributed by atoms with van der Waals surface area (Å²) in [5.41, 5.74) is 4.87. The molecule has 4 nitrogen and oxygen atoms in total. The monoisotopic (exact) mass is 357 g/mol. The third-order valence-corrected chi connectivity index (χ3v) is 5.86. The van der Waals surface area contributed by atoms with Crippen molar-refractivity contribution in [3.8, 4) is 11.1 Å². The fraction of sp³-hybridized carbons (Fsp3) is 0.304. The van der Waals surface area contributed by atoms with Gasteiger partial charge in [-0.2, -0.15) is 0 Å². The van der Waals surface area contributed by atoms with Crippen LogP contribution in [0.25, 0.3) is 11.1 Å². The van der Waals surface area contributed by atoms with Gasteiger partial charge in [0.05, 0.1) is 5.69 Å². The molecule has 0 unspecified atom stereocenters. The van der Waals surface area contributed by atoms with E-state index in [1.165, 1.54) is 23.2 Å². The molecule has 0 amide bonds. The number of aromatic nitrogens is 2. The second kappa shape index (κ2) is 6.78. The number of piperidine rings is 1. The summed E-state index contributed by atoms with van der Waals surface area (Å²) in [5, 5.41) is 0. The zero-order valence-corrected chi connectivity index (χ0v) is 15.3. The molecule has 2 aliphatic rings. The van der Waals surface area contributed by atoms with Crippen LogP contribution in [-0.4, -0.2) is 27.5 Å². The first-order valence-corrected chi connectivity index (χ1v) is 9.69. The number of fused-ring (bicyclic) bond motifs is 4.